The van der Waals surface area contributed by atoms with Crippen molar-refractivity contribution >= 4 is 21.8 Å². The number of fused-ring (bicyclic) bond motifs is 3. The van der Waals surface area contributed by atoms with E-state index in [1.165, 1.54) is 5.56 Å². The molecule has 1 aliphatic rings. The summed E-state index contributed by atoms with van der Waals surface area (Å²) in [6.45, 7) is 2.55. The van der Waals surface area contributed by atoms with Gasteiger partial charge in [0.15, 0.2) is 0 Å². The molecule has 148 valence electrons. The summed E-state index contributed by atoms with van der Waals surface area (Å²) in [6, 6.07) is 23.1. The molecule has 4 aromatic rings. The van der Waals surface area contributed by atoms with Gasteiger partial charge in [0.2, 0.25) is 0 Å². The third kappa shape index (κ3) is 3.12. The van der Waals surface area contributed by atoms with E-state index < -0.39 is 0 Å². The van der Waals surface area contributed by atoms with E-state index in [2.05, 4.69) is 52.3 Å². The average Bonchev–Trinajstić information content (AvgIpc) is 3.12. The summed E-state index contributed by atoms with van der Waals surface area (Å²) in [5.74, 6) is 1.80. The zero-order chi connectivity index (χ0) is 19.6. The van der Waals surface area contributed by atoms with Crippen LogP contribution in [0.25, 0.3) is 21.8 Å². The monoisotopic (exact) mass is 388 g/mol. The Morgan fingerprint density at radius 1 is 1.00 bits per heavy atom. The summed E-state index contributed by atoms with van der Waals surface area (Å²) >= 11 is 0. The molecule has 1 unspecified atom stereocenters. The number of ether oxygens (including phenoxy) is 2. The maximum atomic E-state index is 8.91. The maximum absolute atomic E-state index is 8.91. The van der Waals surface area contributed by atoms with Crippen LogP contribution in [0.2, 0.25) is 0 Å². The number of aromatic nitrogens is 1. The van der Waals surface area contributed by atoms with Crippen LogP contribution >= 0.6 is 0 Å². The molecule has 2 N–H and O–H groups in total. The van der Waals surface area contributed by atoms with Gasteiger partial charge in [0.05, 0.1) is 23.7 Å². The highest BCUT2D eigenvalue weighted by molar-refractivity contribution is 6.13. The van der Waals surface area contributed by atoms with Gasteiger partial charge in [-0.05, 0) is 23.8 Å². The van der Waals surface area contributed by atoms with Gasteiger partial charge in [-0.3, -0.25) is 0 Å². The molecule has 0 bridgehead atoms. The van der Waals surface area contributed by atoms with E-state index in [1.54, 1.807) is 0 Å². The Kier molecular flexibility index (Phi) is 4.84. The molecule has 1 atom stereocenters. The van der Waals surface area contributed by atoms with Crippen LogP contribution in [-0.4, -0.2) is 42.6 Å². The Labute approximate surface area is 169 Å². The van der Waals surface area contributed by atoms with E-state index in [0.717, 1.165) is 33.3 Å². The number of aliphatic hydroxyl groups excluding tert-OH is 1. The fourth-order valence-electron chi connectivity index (χ4n) is 4.25. The molecule has 0 fully saturated rings. The van der Waals surface area contributed by atoms with Gasteiger partial charge in [-0.15, -0.1) is 0 Å². The number of para-hydroxylation sites is 1. The minimum atomic E-state index is 0.118. The summed E-state index contributed by atoms with van der Waals surface area (Å²) in [6.07, 6.45) is 0. The predicted octanol–water partition coefficient (Wildman–Crippen LogP) is 3.74. The van der Waals surface area contributed by atoms with Gasteiger partial charge in [0.25, 0.3) is 0 Å². The Bertz CT molecular complexity index is 1140. The molecule has 0 saturated carbocycles. The number of hydrogen-bond acceptors (Lipinski definition) is 4. The molecule has 0 aliphatic carbocycles. The van der Waals surface area contributed by atoms with Gasteiger partial charge in [-0.2, -0.15) is 0 Å². The van der Waals surface area contributed by atoms with Crippen molar-refractivity contribution in [2.75, 3.05) is 32.9 Å². The highest BCUT2D eigenvalue weighted by atomic mass is 16.5. The Morgan fingerprint density at radius 2 is 1.86 bits per heavy atom. The lowest BCUT2D eigenvalue weighted by atomic mass is 10.1. The molecule has 5 heteroatoms. The smallest absolute Gasteiger partial charge is 0.143 e. The highest BCUT2D eigenvalue weighted by Crippen LogP contribution is 2.44. The van der Waals surface area contributed by atoms with Gasteiger partial charge in [0.1, 0.15) is 24.7 Å². The normalized spacial score (nSPS) is 15.6. The average molecular weight is 388 g/mol. The van der Waals surface area contributed by atoms with Crippen molar-refractivity contribution in [3.8, 4) is 11.5 Å². The first-order chi connectivity index (χ1) is 14.4. The van der Waals surface area contributed by atoms with Crippen LogP contribution in [0.15, 0.2) is 66.7 Å². The zero-order valence-electron chi connectivity index (χ0n) is 16.2. The van der Waals surface area contributed by atoms with Crippen LogP contribution in [-0.2, 0) is 0 Å². The Hall–Kier alpha value is -3.02. The largest absolute Gasteiger partial charge is 0.492 e. The lowest BCUT2D eigenvalue weighted by Gasteiger charge is -2.27. The van der Waals surface area contributed by atoms with E-state index in [9.17, 15) is 0 Å². The number of nitrogens with zero attached hydrogens (tertiary/aromatic N) is 1. The minimum absolute atomic E-state index is 0.118. The van der Waals surface area contributed by atoms with Crippen molar-refractivity contribution in [3.05, 3.63) is 72.3 Å². The van der Waals surface area contributed by atoms with Crippen molar-refractivity contribution in [2.24, 2.45) is 0 Å². The standard InChI is InChI=1S/C24H24N2O3/c27-14-12-25-13-15-28-21-10-5-9-19-23(21)18-8-4-11-22-24(18)26(19)20(16-29-22)17-6-2-1-3-7-17/h1-11,20,25,27H,12-16H2. The van der Waals surface area contributed by atoms with Crippen molar-refractivity contribution < 1.29 is 14.6 Å². The molecule has 5 nitrogen and oxygen atoms in total. The zero-order valence-corrected chi connectivity index (χ0v) is 16.2. The van der Waals surface area contributed by atoms with Gasteiger partial charge >= 0.3 is 0 Å². The Morgan fingerprint density at radius 3 is 2.72 bits per heavy atom. The van der Waals surface area contributed by atoms with E-state index in [1.807, 2.05) is 24.3 Å². The molecule has 2 heterocycles. The SMILES string of the molecule is OCCNCCOc1cccc2c1c1cccc3c1n2C(c1ccccc1)CO3. The van der Waals surface area contributed by atoms with E-state index >= 15 is 0 Å². The number of hydrogen-bond donors (Lipinski definition) is 2. The van der Waals surface area contributed by atoms with Crippen LogP contribution in [0, 0.1) is 0 Å². The van der Waals surface area contributed by atoms with Crippen LogP contribution < -0.4 is 14.8 Å². The number of aliphatic hydroxyl groups is 1. The molecule has 0 spiro atoms. The second kappa shape index (κ2) is 7.78. The molecule has 1 aliphatic heterocycles. The summed E-state index contributed by atoms with van der Waals surface area (Å²) in [5.41, 5.74) is 3.52. The lowest BCUT2D eigenvalue weighted by molar-refractivity contribution is 0.262. The van der Waals surface area contributed by atoms with E-state index in [-0.39, 0.29) is 12.6 Å². The summed E-state index contributed by atoms with van der Waals surface area (Å²) in [4.78, 5) is 0. The van der Waals surface area contributed by atoms with E-state index in [4.69, 9.17) is 14.6 Å². The van der Waals surface area contributed by atoms with Crippen LogP contribution in [0.5, 0.6) is 11.5 Å². The molecular weight excluding hydrogens is 364 g/mol. The van der Waals surface area contributed by atoms with E-state index in [0.29, 0.717) is 26.3 Å². The fourth-order valence-corrected chi connectivity index (χ4v) is 4.25. The van der Waals surface area contributed by atoms with Crippen LogP contribution in [0.3, 0.4) is 0 Å². The van der Waals surface area contributed by atoms with Crippen molar-refractivity contribution in [3.63, 3.8) is 0 Å². The van der Waals surface area contributed by atoms with Crippen molar-refractivity contribution in [1.82, 2.24) is 9.88 Å². The molecular formula is C24H24N2O3. The minimum Gasteiger partial charge on any atom is -0.492 e. The van der Waals surface area contributed by atoms with Gasteiger partial charge in [-0.25, -0.2) is 0 Å². The molecule has 5 rings (SSSR count). The predicted molar refractivity (Wildman–Crippen MR) is 115 cm³/mol. The van der Waals surface area contributed by atoms with Gasteiger partial charge in [0, 0.05) is 23.9 Å². The summed E-state index contributed by atoms with van der Waals surface area (Å²) < 4.78 is 14.7. The summed E-state index contributed by atoms with van der Waals surface area (Å²) in [7, 11) is 0. The molecule has 29 heavy (non-hydrogen) atoms. The molecule has 0 saturated heterocycles. The highest BCUT2D eigenvalue weighted by Gasteiger charge is 2.28. The first-order valence-corrected chi connectivity index (χ1v) is 10.1. The quantitative estimate of drug-likeness (QED) is 0.474. The molecule has 1 aromatic heterocycles. The lowest BCUT2D eigenvalue weighted by Crippen LogP contribution is -2.24. The number of nitrogens with one attached hydrogen (secondary N) is 1. The van der Waals surface area contributed by atoms with Gasteiger partial charge < -0.3 is 24.5 Å². The topological polar surface area (TPSA) is 55.6 Å². The molecule has 0 amide bonds. The first-order valence-electron chi connectivity index (χ1n) is 10.1. The van der Waals surface area contributed by atoms with Crippen LogP contribution in [0.1, 0.15) is 11.6 Å². The van der Waals surface area contributed by atoms with Crippen molar-refractivity contribution in [1.29, 1.82) is 0 Å². The number of rotatable bonds is 7. The fraction of sp³-hybridized carbons (Fsp3) is 0.250. The molecule has 0 radical (unpaired) electrons. The third-order valence-corrected chi connectivity index (χ3v) is 5.49. The van der Waals surface area contributed by atoms with Crippen molar-refractivity contribution in [2.45, 2.75) is 6.04 Å². The second-order valence-corrected chi connectivity index (χ2v) is 7.23. The van der Waals surface area contributed by atoms with Gasteiger partial charge in [-0.1, -0.05) is 48.5 Å². The Balaban J connectivity index is 1.64. The third-order valence-electron chi connectivity index (χ3n) is 5.49. The summed E-state index contributed by atoms with van der Waals surface area (Å²) in [5, 5.41) is 14.3. The first kappa shape index (κ1) is 18.0. The van der Waals surface area contributed by atoms with Crippen LogP contribution in [0.4, 0.5) is 0 Å². The second-order valence-electron chi connectivity index (χ2n) is 7.23. The maximum Gasteiger partial charge on any atom is 0.143 e. The number of benzene rings is 3. The molecule has 3 aromatic carbocycles.